The summed E-state index contributed by atoms with van der Waals surface area (Å²) in [6, 6.07) is 3.65. The fourth-order valence-electron chi connectivity index (χ4n) is 0.940. The average molecular weight is 197 g/mol. The number of carbonyl (C=O) groups excluding carboxylic acids is 2. The summed E-state index contributed by atoms with van der Waals surface area (Å²) in [7, 11) is 1.21. The first-order valence-electron chi connectivity index (χ1n) is 3.77. The van der Waals surface area contributed by atoms with Gasteiger partial charge in [-0.25, -0.2) is 9.18 Å². The maximum atomic E-state index is 13.1. The Bertz CT molecular complexity index is 365. The van der Waals surface area contributed by atoms with Crippen molar-refractivity contribution in [2.24, 2.45) is 0 Å². The van der Waals surface area contributed by atoms with Crippen LogP contribution in [0.15, 0.2) is 18.2 Å². The molecule has 0 aliphatic heterocycles. The molecule has 0 atom stereocenters. The van der Waals surface area contributed by atoms with E-state index in [1.54, 1.807) is 0 Å². The zero-order valence-corrected chi connectivity index (χ0v) is 7.41. The number of methoxy groups -OCH3 is 1. The number of hydrogen-bond donors (Lipinski definition) is 1. The predicted molar refractivity (Wildman–Crippen MR) is 47.4 cm³/mol. The van der Waals surface area contributed by atoms with Gasteiger partial charge in [-0.1, -0.05) is 0 Å². The number of carbonyl (C=O) groups is 2. The third-order valence-electron chi connectivity index (χ3n) is 1.60. The lowest BCUT2D eigenvalue weighted by Gasteiger charge is -2.03. The van der Waals surface area contributed by atoms with E-state index in [0.717, 1.165) is 6.07 Å². The lowest BCUT2D eigenvalue weighted by Crippen LogP contribution is -2.03. The molecule has 1 amide bonds. The highest BCUT2D eigenvalue weighted by molar-refractivity contribution is 5.90. The SMILES string of the molecule is COC(=O)c1ccc(NC=O)c(F)c1. The molecule has 4 nitrogen and oxygen atoms in total. The van der Waals surface area contributed by atoms with Gasteiger partial charge in [0.15, 0.2) is 0 Å². The predicted octanol–water partition coefficient (Wildman–Crippen LogP) is 1.18. The van der Waals surface area contributed by atoms with Gasteiger partial charge in [-0.05, 0) is 18.2 Å². The Labute approximate surface area is 79.7 Å². The van der Waals surface area contributed by atoms with E-state index in [2.05, 4.69) is 10.1 Å². The summed E-state index contributed by atoms with van der Waals surface area (Å²) in [6.45, 7) is 0. The molecular weight excluding hydrogens is 189 g/mol. The minimum atomic E-state index is -0.681. The molecule has 0 unspecified atom stereocenters. The van der Waals surface area contributed by atoms with Crippen LogP contribution in [0.5, 0.6) is 0 Å². The zero-order valence-electron chi connectivity index (χ0n) is 7.41. The first kappa shape index (κ1) is 10.2. The molecule has 0 saturated heterocycles. The molecule has 0 radical (unpaired) electrons. The van der Waals surface area contributed by atoms with Crippen molar-refractivity contribution in [3.8, 4) is 0 Å². The van der Waals surface area contributed by atoms with Gasteiger partial charge in [0.05, 0.1) is 18.4 Å². The van der Waals surface area contributed by atoms with Crippen molar-refractivity contribution in [3.05, 3.63) is 29.6 Å². The number of anilines is 1. The molecule has 0 heterocycles. The molecule has 0 bridgehead atoms. The van der Waals surface area contributed by atoms with Gasteiger partial charge in [-0.3, -0.25) is 4.79 Å². The van der Waals surface area contributed by atoms with Crippen LogP contribution in [0, 0.1) is 5.82 Å². The molecule has 1 rings (SSSR count). The second-order valence-corrected chi connectivity index (χ2v) is 2.45. The van der Waals surface area contributed by atoms with E-state index >= 15 is 0 Å². The van der Waals surface area contributed by atoms with Crippen LogP contribution in [-0.4, -0.2) is 19.5 Å². The van der Waals surface area contributed by atoms with Crippen LogP contribution < -0.4 is 5.32 Å². The Morgan fingerprint density at radius 2 is 2.29 bits per heavy atom. The van der Waals surface area contributed by atoms with E-state index in [1.807, 2.05) is 0 Å². The first-order chi connectivity index (χ1) is 6.69. The summed E-state index contributed by atoms with van der Waals surface area (Å²) in [5, 5.41) is 2.15. The maximum Gasteiger partial charge on any atom is 0.337 e. The number of esters is 1. The van der Waals surface area contributed by atoms with Crippen molar-refractivity contribution in [3.63, 3.8) is 0 Å². The number of halogens is 1. The highest BCUT2D eigenvalue weighted by atomic mass is 19.1. The summed E-state index contributed by atoms with van der Waals surface area (Å²) < 4.78 is 17.5. The smallest absolute Gasteiger partial charge is 0.337 e. The average Bonchev–Trinajstić information content (AvgIpc) is 2.20. The molecule has 0 spiro atoms. The largest absolute Gasteiger partial charge is 0.465 e. The molecule has 1 aromatic carbocycles. The van der Waals surface area contributed by atoms with E-state index in [0.29, 0.717) is 6.41 Å². The molecule has 1 N–H and O–H groups in total. The van der Waals surface area contributed by atoms with Gasteiger partial charge < -0.3 is 10.1 Å². The van der Waals surface area contributed by atoms with Crippen molar-refractivity contribution in [1.82, 2.24) is 0 Å². The minimum Gasteiger partial charge on any atom is -0.465 e. The Hall–Kier alpha value is -1.91. The monoisotopic (exact) mass is 197 g/mol. The lowest BCUT2D eigenvalue weighted by molar-refractivity contribution is -0.105. The number of rotatable bonds is 3. The van der Waals surface area contributed by atoms with E-state index in [4.69, 9.17) is 0 Å². The van der Waals surface area contributed by atoms with E-state index in [-0.39, 0.29) is 11.3 Å². The summed E-state index contributed by atoms with van der Waals surface area (Å²) in [5.41, 5.74) is 0.120. The van der Waals surface area contributed by atoms with E-state index in [1.165, 1.54) is 19.2 Å². The molecule has 0 aromatic heterocycles. The Morgan fingerprint density at radius 3 is 2.79 bits per heavy atom. The highest BCUT2D eigenvalue weighted by Crippen LogP contribution is 2.15. The van der Waals surface area contributed by atoms with Crippen LogP contribution >= 0.6 is 0 Å². The maximum absolute atomic E-state index is 13.1. The Morgan fingerprint density at radius 1 is 1.57 bits per heavy atom. The molecule has 0 aliphatic rings. The fraction of sp³-hybridized carbons (Fsp3) is 0.111. The van der Waals surface area contributed by atoms with Crippen molar-refractivity contribution in [2.75, 3.05) is 12.4 Å². The van der Waals surface area contributed by atoms with Gasteiger partial charge in [0.2, 0.25) is 6.41 Å². The third-order valence-corrected chi connectivity index (χ3v) is 1.60. The van der Waals surface area contributed by atoms with Gasteiger partial charge in [0, 0.05) is 0 Å². The van der Waals surface area contributed by atoms with Gasteiger partial charge >= 0.3 is 5.97 Å². The van der Waals surface area contributed by atoms with Crippen molar-refractivity contribution < 1.29 is 18.7 Å². The number of hydrogen-bond acceptors (Lipinski definition) is 3. The second-order valence-electron chi connectivity index (χ2n) is 2.45. The molecule has 14 heavy (non-hydrogen) atoms. The normalized spacial score (nSPS) is 9.29. The molecule has 74 valence electrons. The number of nitrogens with one attached hydrogen (secondary N) is 1. The van der Waals surface area contributed by atoms with Gasteiger partial charge in [-0.2, -0.15) is 0 Å². The molecule has 0 saturated carbocycles. The van der Waals surface area contributed by atoms with E-state index in [9.17, 15) is 14.0 Å². The number of benzene rings is 1. The Kier molecular flexibility index (Phi) is 3.17. The standard InChI is InChI=1S/C9H8FNO3/c1-14-9(13)6-2-3-8(11-5-12)7(10)4-6/h2-5H,1H3,(H,11,12). The van der Waals surface area contributed by atoms with Crippen molar-refractivity contribution in [2.45, 2.75) is 0 Å². The van der Waals surface area contributed by atoms with Crippen LogP contribution in [0.1, 0.15) is 10.4 Å². The number of ether oxygens (including phenoxy) is 1. The zero-order chi connectivity index (χ0) is 10.6. The molecule has 5 heteroatoms. The van der Waals surface area contributed by atoms with Crippen molar-refractivity contribution >= 4 is 18.1 Å². The topological polar surface area (TPSA) is 55.4 Å². The van der Waals surface area contributed by atoms with Crippen LogP contribution in [0.2, 0.25) is 0 Å². The summed E-state index contributed by atoms with van der Waals surface area (Å²) in [4.78, 5) is 21.0. The van der Waals surface area contributed by atoms with Crippen LogP contribution in [0.4, 0.5) is 10.1 Å². The third kappa shape index (κ3) is 2.07. The lowest BCUT2D eigenvalue weighted by atomic mass is 10.2. The fourth-order valence-corrected chi connectivity index (χ4v) is 0.940. The first-order valence-corrected chi connectivity index (χ1v) is 3.77. The minimum absolute atomic E-state index is 0.0210. The molecule has 0 fully saturated rings. The summed E-state index contributed by atoms with van der Waals surface area (Å²) in [6.07, 6.45) is 0.357. The van der Waals surface area contributed by atoms with Gasteiger partial charge in [0.25, 0.3) is 0 Å². The van der Waals surface area contributed by atoms with Gasteiger partial charge in [-0.15, -0.1) is 0 Å². The molecule has 0 aliphatic carbocycles. The summed E-state index contributed by atoms with van der Waals surface area (Å²) in [5.74, 6) is -1.30. The van der Waals surface area contributed by atoms with Crippen LogP contribution in [-0.2, 0) is 9.53 Å². The van der Waals surface area contributed by atoms with Gasteiger partial charge in [0.1, 0.15) is 5.82 Å². The highest BCUT2D eigenvalue weighted by Gasteiger charge is 2.08. The second kappa shape index (κ2) is 4.36. The van der Waals surface area contributed by atoms with E-state index < -0.39 is 11.8 Å². The van der Waals surface area contributed by atoms with Crippen LogP contribution in [0.25, 0.3) is 0 Å². The molecule has 1 aromatic rings. The number of amides is 1. The van der Waals surface area contributed by atoms with Crippen molar-refractivity contribution in [1.29, 1.82) is 0 Å². The van der Waals surface area contributed by atoms with Crippen LogP contribution in [0.3, 0.4) is 0 Å². The Balaban J connectivity index is 2.99. The molecular formula is C9H8FNO3. The quantitative estimate of drug-likeness (QED) is 0.584. The summed E-state index contributed by atoms with van der Waals surface area (Å²) >= 11 is 0.